The predicted molar refractivity (Wildman–Crippen MR) is 224 cm³/mol. The first kappa shape index (κ1) is 31.9. The summed E-state index contributed by atoms with van der Waals surface area (Å²) in [5.41, 5.74) is 11.8. The number of nitrogens with one attached hydrogen (secondary N) is 3. The highest BCUT2D eigenvalue weighted by molar-refractivity contribution is 6.06. The first-order valence-electron chi connectivity index (χ1n) is 18.6. The van der Waals surface area contributed by atoms with Gasteiger partial charge in [-0.25, -0.2) is 4.99 Å². The third-order valence-corrected chi connectivity index (χ3v) is 10.8. The van der Waals surface area contributed by atoms with Crippen LogP contribution in [0.2, 0.25) is 0 Å². The maximum Gasteiger partial charge on any atom is 0.131 e. The Morgan fingerprint density at radius 2 is 1.06 bits per heavy atom. The molecule has 0 spiro atoms. The summed E-state index contributed by atoms with van der Waals surface area (Å²) in [6.07, 6.45) is 2.13. The zero-order valence-corrected chi connectivity index (χ0v) is 29.7. The van der Waals surface area contributed by atoms with E-state index < -0.39 is 0 Å². The van der Waals surface area contributed by atoms with Crippen LogP contribution in [0.15, 0.2) is 199 Å². The van der Waals surface area contributed by atoms with Crippen LogP contribution in [-0.2, 0) is 0 Å². The van der Waals surface area contributed by atoms with Gasteiger partial charge < -0.3 is 10.6 Å². The Bertz CT molecular complexity index is 2680. The van der Waals surface area contributed by atoms with E-state index in [1.807, 2.05) is 6.07 Å². The molecule has 0 aliphatic carbocycles. The Balaban J connectivity index is 1.00. The van der Waals surface area contributed by atoms with E-state index in [4.69, 9.17) is 4.99 Å². The molecule has 3 unspecified atom stereocenters. The van der Waals surface area contributed by atoms with Gasteiger partial charge in [-0.15, -0.1) is 0 Å². The van der Waals surface area contributed by atoms with Crippen LogP contribution in [0, 0.1) is 0 Å². The minimum absolute atomic E-state index is 0.0685. The zero-order valence-electron chi connectivity index (χ0n) is 29.7. The highest BCUT2D eigenvalue weighted by Gasteiger charge is 2.26. The van der Waals surface area contributed by atoms with Crippen LogP contribution in [0.3, 0.4) is 0 Å². The third kappa shape index (κ3) is 6.03. The molecule has 0 radical (unpaired) electrons. The second-order valence-electron chi connectivity index (χ2n) is 14.1. The molecule has 10 rings (SSSR count). The molecule has 0 saturated heterocycles. The predicted octanol–water partition coefficient (Wildman–Crippen LogP) is 11.6. The number of fused-ring (bicyclic) bond motifs is 4. The van der Waals surface area contributed by atoms with Gasteiger partial charge in [-0.1, -0.05) is 170 Å². The minimum atomic E-state index is -0.198. The minimum Gasteiger partial charge on any atom is -0.374 e. The van der Waals surface area contributed by atoms with Crippen molar-refractivity contribution in [3.63, 3.8) is 0 Å². The number of anilines is 1. The number of amidine groups is 1. The number of benzene rings is 8. The van der Waals surface area contributed by atoms with Gasteiger partial charge in [0, 0.05) is 16.8 Å². The molecule has 54 heavy (non-hydrogen) atoms. The quantitative estimate of drug-likeness (QED) is 0.162. The lowest BCUT2D eigenvalue weighted by Crippen LogP contribution is -2.44. The van der Waals surface area contributed by atoms with Crippen LogP contribution in [0.5, 0.6) is 0 Å². The molecule has 258 valence electrons. The molecular formula is C50H38N4. The average molecular weight is 695 g/mol. The molecule has 0 fully saturated rings. The summed E-state index contributed by atoms with van der Waals surface area (Å²) < 4.78 is 0. The number of rotatable bonds is 6. The van der Waals surface area contributed by atoms with E-state index in [1.54, 1.807) is 0 Å². The summed E-state index contributed by atoms with van der Waals surface area (Å²) in [6, 6.07) is 67.3. The summed E-state index contributed by atoms with van der Waals surface area (Å²) in [6.45, 7) is 0. The van der Waals surface area contributed by atoms with Gasteiger partial charge in [-0.05, 0) is 84.8 Å². The molecule has 3 N–H and O–H groups in total. The standard InChI is InChI=1S/C50H38N4/c1-4-13-35(14-5-1)46-32-44(42-25-22-33-12-10-11-19-39(33)30-42)47-43-28-26-40(31-41(43)27-29-45(47)51-46)34-20-23-38(24-21-34)50-53-48(36-15-6-2-7-16-36)52-49(54-50)37-17-8-3-9-18-37/h1-32,46,48,50-51,53H,(H,52,54). The molecule has 0 saturated carbocycles. The highest BCUT2D eigenvalue weighted by atomic mass is 15.3. The lowest BCUT2D eigenvalue weighted by molar-refractivity contribution is 0.409. The largest absolute Gasteiger partial charge is 0.374 e. The summed E-state index contributed by atoms with van der Waals surface area (Å²) >= 11 is 0. The molecule has 3 atom stereocenters. The summed E-state index contributed by atoms with van der Waals surface area (Å²) in [7, 11) is 0. The maximum absolute atomic E-state index is 5.14. The number of aliphatic imine (C=N–C) groups is 1. The first-order valence-corrected chi connectivity index (χ1v) is 18.6. The van der Waals surface area contributed by atoms with Crippen LogP contribution in [0.4, 0.5) is 5.69 Å². The van der Waals surface area contributed by atoms with E-state index in [-0.39, 0.29) is 18.4 Å². The van der Waals surface area contributed by atoms with Crippen molar-refractivity contribution in [3.8, 4) is 11.1 Å². The summed E-state index contributed by atoms with van der Waals surface area (Å²) in [5, 5.41) is 16.2. The van der Waals surface area contributed by atoms with Crippen molar-refractivity contribution in [2.45, 2.75) is 18.4 Å². The fourth-order valence-corrected chi connectivity index (χ4v) is 7.96. The average Bonchev–Trinajstić information content (AvgIpc) is 3.26. The van der Waals surface area contributed by atoms with Crippen molar-refractivity contribution in [3.05, 3.63) is 228 Å². The molecule has 0 bridgehead atoms. The van der Waals surface area contributed by atoms with Crippen LogP contribution in [-0.4, -0.2) is 5.84 Å². The smallest absolute Gasteiger partial charge is 0.131 e. The van der Waals surface area contributed by atoms with Gasteiger partial charge in [0.2, 0.25) is 0 Å². The van der Waals surface area contributed by atoms with Crippen LogP contribution >= 0.6 is 0 Å². The lowest BCUT2D eigenvalue weighted by atomic mass is 9.85. The van der Waals surface area contributed by atoms with Crippen molar-refractivity contribution >= 4 is 38.6 Å². The third-order valence-electron chi connectivity index (χ3n) is 10.8. The van der Waals surface area contributed by atoms with E-state index in [9.17, 15) is 0 Å². The monoisotopic (exact) mass is 694 g/mol. The van der Waals surface area contributed by atoms with Gasteiger partial charge in [-0.3, -0.25) is 5.32 Å². The Morgan fingerprint density at radius 3 is 1.83 bits per heavy atom. The van der Waals surface area contributed by atoms with Gasteiger partial charge >= 0.3 is 0 Å². The van der Waals surface area contributed by atoms with Crippen molar-refractivity contribution in [1.82, 2.24) is 10.6 Å². The van der Waals surface area contributed by atoms with Crippen LogP contribution < -0.4 is 16.0 Å². The SMILES string of the molecule is C1=C(c2ccc3ccccc3c2)c2c(ccc3cc(-c4ccc(C5N=C(c6ccccc6)NC(c6ccccc6)N5)cc4)ccc23)NC1c1ccccc1. The molecular weight excluding hydrogens is 657 g/mol. The molecule has 2 aliphatic heterocycles. The normalized spacial score (nSPS) is 17.9. The van der Waals surface area contributed by atoms with Crippen molar-refractivity contribution in [1.29, 1.82) is 0 Å². The topological polar surface area (TPSA) is 48.5 Å². The Labute approximate surface area is 315 Å². The Morgan fingerprint density at radius 1 is 0.426 bits per heavy atom. The fraction of sp³-hybridized carbons (Fsp3) is 0.0600. The zero-order chi connectivity index (χ0) is 35.8. The summed E-state index contributed by atoms with van der Waals surface area (Å²) in [5.74, 6) is 0.886. The van der Waals surface area contributed by atoms with Crippen molar-refractivity contribution in [2.24, 2.45) is 4.99 Å². The second-order valence-corrected chi connectivity index (χ2v) is 14.1. The highest BCUT2D eigenvalue weighted by Crippen LogP contribution is 2.44. The van der Waals surface area contributed by atoms with Crippen LogP contribution in [0.1, 0.15) is 51.8 Å². The van der Waals surface area contributed by atoms with Crippen molar-refractivity contribution < 1.29 is 0 Å². The van der Waals surface area contributed by atoms with E-state index >= 15 is 0 Å². The molecule has 0 amide bonds. The Kier molecular flexibility index (Phi) is 8.08. The second kappa shape index (κ2) is 13.7. The van der Waals surface area contributed by atoms with E-state index in [0.717, 1.165) is 22.6 Å². The number of hydrogen-bond donors (Lipinski definition) is 3. The fourth-order valence-electron chi connectivity index (χ4n) is 7.96. The molecule has 8 aromatic rings. The van der Waals surface area contributed by atoms with Gasteiger partial charge in [0.25, 0.3) is 0 Å². The Hall–Kier alpha value is -6.75. The van der Waals surface area contributed by atoms with Gasteiger partial charge in [0.15, 0.2) is 0 Å². The van der Waals surface area contributed by atoms with Gasteiger partial charge in [0.1, 0.15) is 18.2 Å². The van der Waals surface area contributed by atoms with Crippen LogP contribution in [0.25, 0.3) is 38.2 Å². The number of hydrogen-bond acceptors (Lipinski definition) is 4. The molecule has 2 aliphatic rings. The number of nitrogens with zero attached hydrogens (tertiary/aromatic N) is 1. The van der Waals surface area contributed by atoms with E-state index in [0.29, 0.717) is 0 Å². The molecule has 8 aromatic carbocycles. The van der Waals surface area contributed by atoms with Gasteiger partial charge in [0.05, 0.1) is 6.04 Å². The molecule has 4 heteroatoms. The maximum atomic E-state index is 5.14. The summed E-state index contributed by atoms with van der Waals surface area (Å²) in [4.78, 5) is 5.14. The molecule has 2 heterocycles. The first-order chi connectivity index (χ1) is 26.7. The van der Waals surface area contributed by atoms with E-state index in [1.165, 1.54) is 60.5 Å². The lowest BCUT2D eigenvalue weighted by Gasteiger charge is -2.32. The molecule has 0 aromatic heterocycles. The van der Waals surface area contributed by atoms with Crippen molar-refractivity contribution in [2.75, 3.05) is 5.32 Å². The van der Waals surface area contributed by atoms with E-state index in [2.05, 4.69) is 204 Å². The molecule has 4 nitrogen and oxygen atoms in total. The van der Waals surface area contributed by atoms with Gasteiger partial charge in [-0.2, -0.15) is 0 Å².